The number of esters is 1. The number of nitrogens with zero attached hydrogens (tertiary/aromatic N) is 1. The Kier molecular flexibility index (Phi) is 6.18. The zero-order valence-electron chi connectivity index (χ0n) is 14.3. The molecule has 0 fully saturated rings. The molecule has 0 aliphatic carbocycles. The van der Waals surface area contributed by atoms with Crippen molar-refractivity contribution in [2.24, 2.45) is 0 Å². The summed E-state index contributed by atoms with van der Waals surface area (Å²) in [5, 5.41) is 2.94. The number of hydrogen-bond acceptors (Lipinski definition) is 4. The fourth-order valence-electron chi connectivity index (χ4n) is 2.60. The second kappa shape index (κ2) is 8.96. The van der Waals surface area contributed by atoms with Gasteiger partial charge in [-0.3, -0.25) is 4.79 Å². The van der Waals surface area contributed by atoms with E-state index < -0.39 is 18.5 Å². The summed E-state index contributed by atoms with van der Waals surface area (Å²) < 4.78 is 5.07. The van der Waals surface area contributed by atoms with Crippen LogP contribution in [0, 0.1) is 0 Å². The number of amides is 1. The molecule has 136 valence electrons. The topological polar surface area (TPSA) is 68.3 Å². The molecule has 0 spiro atoms. The predicted octanol–water partition coefficient (Wildman–Crippen LogP) is 3.80. The second-order valence-electron chi connectivity index (χ2n) is 5.74. The summed E-state index contributed by atoms with van der Waals surface area (Å²) in [6.07, 6.45) is 1.47. The Balaban J connectivity index is 1.68. The fourth-order valence-corrected chi connectivity index (χ4v) is 2.80. The number of carbonyl (C=O) groups excluding carboxylic acids is 2. The summed E-state index contributed by atoms with van der Waals surface area (Å²) in [6.45, 7) is -0.416. The Morgan fingerprint density at radius 1 is 0.926 bits per heavy atom. The van der Waals surface area contributed by atoms with E-state index in [1.54, 1.807) is 6.07 Å². The third kappa shape index (κ3) is 4.92. The van der Waals surface area contributed by atoms with E-state index in [2.05, 4.69) is 10.3 Å². The van der Waals surface area contributed by atoms with E-state index in [1.807, 2.05) is 60.7 Å². The van der Waals surface area contributed by atoms with Gasteiger partial charge in [-0.05, 0) is 23.3 Å². The van der Waals surface area contributed by atoms with Gasteiger partial charge in [0.1, 0.15) is 5.15 Å². The van der Waals surface area contributed by atoms with E-state index in [4.69, 9.17) is 16.3 Å². The number of halogens is 1. The number of pyridine rings is 1. The normalized spacial score (nSPS) is 10.4. The first kappa shape index (κ1) is 18.6. The minimum atomic E-state index is -0.695. The zero-order valence-corrected chi connectivity index (χ0v) is 15.1. The van der Waals surface area contributed by atoms with Gasteiger partial charge in [0.2, 0.25) is 0 Å². The van der Waals surface area contributed by atoms with Gasteiger partial charge in [0.05, 0.1) is 11.6 Å². The van der Waals surface area contributed by atoms with Crippen LogP contribution in [0.5, 0.6) is 0 Å². The number of nitrogens with one attached hydrogen (secondary N) is 1. The van der Waals surface area contributed by atoms with Gasteiger partial charge in [0.25, 0.3) is 5.91 Å². The largest absolute Gasteiger partial charge is 0.452 e. The van der Waals surface area contributed by atoms with Crippen molar-refractivity contribution in [2.45, 2.75) is 6.04 Å². The fraction of sp³-hybridized carbons (Fsp3) is 0.0952. The molecule has 0 unspecified atom stereocenters. The highest BCUT2D eigenvalue weighted by atomic mass is 35.5. The molecule has 1 N–H and O–H groups in total. The van der Waals surface area contributed by atoms with Gasteiger partial charge in [-0.25, -0.2) is 9.78 Å². The second-order valence-corrected chi connectivity index (χ2v) is 6.10. The molecule has 5 nitrogen and oxygen atoms in total. The molecule has 3 rings (SSSR count). The summed E-state index contributed by atoms with van der Waals surface area (Å²) in [6, 6.07) is 21.9. The summed E-state index contributed by atoms with van der Waals surface area (Å²) in [5.41, 5.74) is 1.98. The molecule has 0 aliphatic heterocycles. The van der Waals surface area contributed by atoms with Crippen molar-refractivity contribution >= 4 is 23.5 Å². The molecule has 6 heteroatoms. The van der Waals surface area contributed by atoms with Gasteiger partial charge < -0.3 is 10.1 Å². The number of ether oxygens (including phenoxy) is 1. The molecule has 1 aromatic heterocycles. The van der Waals surface area contributed by atoms with Crippen LogP contribution < -0.4 is 5.32 Å². The van der Waals surface area contributed by atoms with Crippen molar-refractivity contribution in [3.8, 4) is 0 Å². The lowest BCUT2D eigenvalue weighted by atomic mass is 9.99. The summed E-state index contributed by atoms with van der Waals surface area (Å²) in [7, 11) is 0. The molecule has 3 aromatic rings. The van der Waals surface area contributed by atoms with E-state index in [9.17, 15) is 9.59 Å². The molecule has 0 saturated carbocycles. The summed E-state index contributed by atoms with van der Waals surface area (Å²) >= 11 is 5.87. The van der Waals surface area contributed by atoms with Gasteiger partial charge in [-0.1, -0.05) is 72.3 Å². The highest BCUT2D eigenvalue weighted by molar-refractivity contribution is 6.32. The Hall–Kier alpha value is -3.18. The Morgan fingerprint density at radius 2 is 1.52 bits per heavy atom. The van der Waals surface area contributed by atoms with Gasteiger partial charge in [0, 0.05) is 6.20 Å². The molecule has 1 amide bonds. The quantitative estimate of drug-likeness (QED) is 0.521. The molecule has 27 heavy (non-hydrogen) atoms. The highest BCUT2D eigenvalue weighted by Gasteiger charge is 2.19. The van der Waals surface area contributed by atoms with Gasteiger partial charge in [-0.2, -0.15) is 0 Å². The van der Waals surface area contributed by atoms with E-state index >= 15 is 0 Å². The van der Waals surface area contributed by atoms with Gasteiger partial charge >= 0.3 is 5.97 Å². The number of benzene rings is 2. The van der Waals surface area contributed by atoms with Gasteiger partial charge in [0.15, 0.2) is 6.61 Å². The van der Waals surface area contributed by atoms with Crippen LogP contribution in [0.1, 0.15) is 27.5 Å². The van der Waals surface area contributed by atoms with Crippen LogP contribution in [0.4, 0.5) is 0 Å². The zero-order chi connectivity index (χ0) is 19.1. The highest BCUT2D eigenvalue weighted by Crippen LogP contribution is 2.21. The van der Waals surface area contributed by atoms with E-state index in [0.29, 0.717) is 0 Å². The first-order chi connectivity index (χ1) is 13.1. The van der Waals surface area contributed by atoms with E-state index in [1.165, 1.54) is 12.3 Å². The van der Waals surface area contributed by atoms with Crippen molar-refractivity contribution in [1.29, 1.82) is 0 Å². The van der Waals surface area contributed by atoms with Crippen molar-refractivity contribution in [2.75, 3.05) is 6.61 Å². The van der Waals surface area contributed by atoms with Crippen LogP contribution in [0.25, 0.3) is 0 Å². The Bertz CT molecular complexity index is 877. The molecule has 0 aliphatic rings. The molecular formula is C21H17ClN2O3. The Labute approximate surface area is 162 Å². The van der Waals surface area contributed by atoms with Crippen molar-refractivity contribution < 1.29 is 14.3 Å². The third-order valence-corrected chi connectivity index (χ3v) is 4.19. The smallest absolute Gasteiger partial charge is 0.341 e. The first-order valence-electron chi connectivity index (χ1n) is 8.32. The van der Waals surface area contributed by atoms with Crippen molar-refractivity contribution in [3.63, 3.8) is 0 Å². The first-order valence-corrected chi connectivity index (χ1v) is 8.70. The molecule has 0 bridgehead atoms. The maximum absolute atomic E-state index is 12.4. The standard InChI is InChI=1S/C21H17ClN2O3/c22-20-17(12-7-13-23-20)21(26)27-14-18(25)24-19(15-8-3-1-4-9-15)16-10-5-2-6-11-16/h1-13,19H,14H2,(H,24,25). The van der Waals surface area contributed by atoms with Gasteiger partial charge in [-0.15, -0.1) is 0 Å². The number of carbonyl (C=O) groups is 2. The number of rotatable bonds is 6. The van der Waals surface area contributed by atoms with Crippen LogP contribution in [-0.2, 0) is 9.53 Å². The molecule has 0 radical (unpaired) electrons. The van der Waals surface area contributed by atoms with Crippen LogP contribution in [0.15, 0.2) is 79.0 Å². The monoisotopic (exact) mass is 380 g/mol. The molecule has 0 saturated heterocycles. The van der Waals surface area contributed by atoms with E-state index in [0.717, 1.165) is 11.1 Å². The van der Waals surface area contributed by atoms with Crippen LogP contribution >= 0.6 is 11.6 Å². The maximum atomic E-state index is 12.4. The molecule has 0 atom stereocenters. The molecule has 2 aromatic carbocycles. The van der Waals surface area contributed by atoms with E-state index in [-0.39, 0.29) is 16.8 Å². The number of aromatic nitrogens is 1. The lowest BCUT2D eigenvalue weighted by molar-refractivity contribution is -0.124. The SMILES string of the molecule is O=C(COC(=O)c1cccnc1Cl)NC(c1ccccc1)c1ccccc1. The minimum Gasteiger partial charge on any atom is -0.452 e. The molecule has 1 heterocycles. The average Bonchev–Trinajstić information content (AvgIpc) is 2.72. The lowest BCUT2D eigenvalue weighted by Crippen LogP contribution is -2.33. The number of hydrogen-bond donors (Lipinski definition) is 1. The van der Waals surface area contributed by atoms with Crippen LogP contribution in [0.2, 0.25) is 5.15 Å². The van der Waals surface area contributed by atoms with Crippen LogP contribution in [0.3, 0.4) is 0 Å². The summed E-state index contributed by atoms with van der Waals surface area (Å²) in [5.74, 6) is -1.11. The Morgan fingerprint density at radius 3 is 2.07 bits per heavy atom. The lowest BCUT2D eigenvalue weighted by Gasteiger charge is -2.20. The van der Waals surface area contributed by atoms with Crippen LogP contribution in [-0.4, -0.2) is 23.5 Å². The predicted molar refractivity (Wildman–Crippen MR) is 102 cm³/mol. The van der Waals surface area contributed by atoms with Crippen molar-refractivity contribution in [3.05, 3.63) is 101 Å². The summed E-state index contributed by atoms with van der Waals surface area (Å²) in [4.78, 5) is 28.3. The minimum absolute atomic E-state index is 0.0364. The maximum Gasteiger partial charge on any atom is 0.341 e. The average molecular weight is 381 g/mol. The van der Waals surface area contributed by atoms with Crippen molar-refractivity contribution in [1.82, 2.24) is 10.3 Å². The third-order valence-electron chi connectivity index (χ3n) is 3.88. The molecular weight excluding hydrogens is 364 g/mol.